The molecule has 14 heavy (non-hydrogen) atoms. The van der Waals surface area contributed by atoms with Crippen LogP contribution in [0.5, 0.6) is 0 Å². The molecule has 0 aromatic carbocycles. The van der Waals surface area contributed by atoms with Crippen LogP contribution < -0.4 is 0 Å². The zero-order valence-electron chi connectivity index (χ0n) is 8.61. The van der Waals surface area contributed by atoms with Crippen molar-refractivity contribution in [2.24, 2.45) is 0 Å². The van der Waals surface area contributed by atoms with Gasteiger partial charge in [0.25, 0.3) is 0 Å². The van der Waals surface area contributed by atoms with Crippen molar-refractivity contribution in [3.8, 4) is 0 Å². The van der Waals surface area contributed by atoms with Crippen LogP contribution in [0.3, 0.4) is 0 Å². The van der Waals surface area contributed by atoms with E-state index < -0.39 is 0 Å². The third-order valence-electron chi connectivity index (χ3n) is 2.58. The van der Waals surface area contributed by atoms with Crippen molar-refractivity contribution in [1.29, 1.82) is 0 Å². The molecule has 0 N–H and O–H groups in total. The van der Waals surface area contributed by atoms with E-state index in [1.54, 1.807) is 0 Å². The fraction of sp³-hybridized carbons (Fsp3) is 1.00. The highest BCUT2D eigenvalue weighted by Crippen LogP contribution is 2.23. The van der Waals surface area contributed by atoms with Crippen LogP contribution in [-0.2, 0) is 19.2 Å². The third-order valence-corrected chi connectivity index (χ3v) is 2.58. The van der Waals surface area contributed by atoms with Crippen molar-refractivity contribution in [2.75, 3.05) is 0 Å². The topological polar surface area (TPSA) is 36.9 Å². The maximum Gasteiger partial charge on any atom is 0.194 e. The molecule has 0 amide bonds. The van der Waals surface area contributed by atoms with Crippen molar-refractivity contribution in [3.05, 3.63) is 0 Å². The Morgan fingerprint density at radius 1 is 0.786 bits per heavy atom. The predicted octanol–water partition coefficient (Wildman–Crippen LogP) is 2.33. The normalized spacial score (nSPS) is 40.5. The second-order valence-electron chi connectivity index (χ2n) is 3.88. The summed E-state index contributed by atoms with van der Waals surface area (Å²) in [5.74, 6) is 0. The standard InChI is InChI=1S/C10H18O4/c1-8-11-9-6-4-2-3-5-7-10(12-9)14-13-8/h8-10H,2-7H2,1H3/t8?,9-,10-/m0/s1. The number of hydrogen-bond acceptors (Lipinski definition) is 4. The van der Waals surface area contributed by atoms with Crippen molar-refractivity contribution in [3.63, 3.8) is 0 Å². The zero-order chi connectivity index (χ0) is 9.80. The Labute approximate surface area is 84.4 Å². The number of hydrogen-bond donors (Lipinski definition) is 0. The first-order valence-electron chi connectivity index (χ1n) is 5.47. The quantitative estimate of drug-likeness (QED) is 0.565. The van der Waals surface area contributed by atoms with Crippen LogP contribution in [0, 0.1) is 0 Å². The zero-order valence-corrected chi connectivity index (χ0v) is 8.61. The van der Waals surface area contributed by atoms with Gasteiger partial charge in [-0.25, -0.2) is 9.78 Å². The molecule has 3 atom stereocenters. The van der Waals surface area contributed by atoms with Crippen LogP contribution in [0.15, 0.2) is 0 Å². The first-order valence-corrected chi connectivity index (χ1v) is 5.47. The third kappa shape index (κ3) is 2.92. The van der Waals surface area contributed by atoms with E-state index in [4.69, 9.17) is 19.2 Å². The van der Waals surface area contributed by atoms with Crippen LogP contribution in [0.2, 0.25) is 0 Å². The lowest BCUT2D eigenvalue weighted by molar-refractivity contribution is -0.395. The monoisotopic (exact) mass is 202 g/mol. The molecule has 82 valence electrons. The molecule has 0 saturated carbocycles. The highest BCUT2D eigenvalue weighted by Gasteiger charge is 2.26. The second-order valence-corrected chi connectivity index (χ2v) is 3.88. The van der Waals surface area contributed by atoms with E-state index in [0.29, 0.717) is 0 Å². The molecule has 0 aliphatic carbocycles. The lowest BCUT2D eigenvalue weighted by atomic mass is 10.1. The van der Waals surface area contributed by atoms with Gasteiger partial charge in [-0.2, -0.15) is 0 Å². The SMILES string of the molecule is CC1OO[C@H]2CCCCCC[C@@H](O1)O2. The summed E-state index contributed by atoms with van der Waals surface area (Å²) in [4.78, 5) is 10.2. The Balaban J connectivity index is 1.95. The van der Waals surface area contributed by atoms with Gasteiger partial charge in [-0.3, -0.25) is 0 Å². The molecule has 2 heterocycles. The van der Waals surface area contributed by atoms with E-state index >= 15 is 0 Å². The number of rotatable bonds is 0. The lowest BCUT2D eigenvalue weighted by Crippen LogP contribution is -2.23. The van der Waals surface area contributed by atoms with Gasteiger partial charge in [0, 0.05) is 6.42 Å². The molecule has 2 rings (SSSR count). The Bertz CT molecular complexity index is 174. The summed E-state index contributed by atoms with van der Waals surface area (Å²) in [6.07, 6.45) is 5.89. The fourth-order valence-electron chi connectivity index (χ4n) is 1.83. The Hall–Kier alpha value is -0.160. The Morgan fingerprint density at radius 3 is 2.29 bits per heavy atom. The maximum absolute atomic E-state index is 5.63. The minimum Gasteiger partial charge on any atom is -0.321 e. The largest absolute Gasteiger partial charge is 0.321 e. The molecule has 1 unspecified atom stereocenters. The van der Waals surface area contributed by atoms with Gasteiger partial charge in [0.2, 0.25) is 0 Å². The van der Waals surface area contributed by atoms with Gasteiger partial charge in [0.05, 0.1) is 0 Å². The number of fused-ring (bicyclic) bond motifs is 2. The summed E-state index contributed by atoms with van der Waals surface area (Å²) in [6.45, 7) is 1.82. The van der Waals surface area contributed by atoms with Crippen LogP contribution >= 0.6 is 0 Å². The Kier molecular flexibility index (Phi) is 3.75. The number of ether oxygens (including phenoxy) is 2. The van der Waals surface area contributed by atoms with E-state index in [2.05, 4.69) is 0 Å². The second kappa shape index (κ2) is 5.07. The molecule has 2 bridgehead atoms. The highest BCUT2D eigenvalue weighted by molar-refractivity contribution is 4.57. The molecule has 4 heteroatoms. The van der Waals surface area contributed by atoms with Gasteiger partial charge in [-0.05, 0) is 26.2 Å². The molecule has 0 radical (unpaired) electrons. The van der Waals surface area contributed by atoms with Crippen LogP contribution in [0.25, 0.3) is 0 Å². The van der Waals surface area contributed by atoms with E-state index in [9.17, 15) is 0 Å². The molecule has 2 saturated heterocycles. The smallest absolute Gasteiger partial charge is 0.194 e. The molecule has 2 aliphatic heterocycles. The Morgan fingerprint density at radius 2 is 1.50 bits per heavy atom. The summed E-state index contributed by atoms with van der Waals surface area (Å²) < 4.78 is 11.1. The minimum absolute atomic E-state index is 0.157. The molecule has 2 fully saturated rings. The molecule has 0 spiro atoms. The summed E-state index contributed by atoms with van der Waals surface area (Å²) >= 11 is 0. The first-order chi connectivity index (χ1) is 6.84. The van der Waals surface area contributed by atoms with Crippen LogP contribution in [-0.4, -0.2) is 18.9 Å². The molecule has 2 aliphatic rings. The van der Waals surface area contributed by atoms with Crippen molar-refractivity contribution >= 4 is 0 Å². The van der Waals surface area contributed by atoms with Gasteiger partial charge in [-0.15, -0.1) is 0 Å². The average Bonchev–Trinajstić information content (AvgIpc) is 2.27. The molecular formula is C10H18O4. The fourth-order valence-corrected chi connectivity index (χ4v) is 1.83. The summed E-state index contributed by atoms with van der Waals surface area (Å²) in [7, 11) is 0. The van der Waals surface area contributed by atoms with E-state index in [1.165, 1.54) is 12.8 Å². The van der Waals surface area contributed by atoms with Crippen molar-refractivity contribution in [1.82, 2.24) is 0 Å². The lowest BCUT2D eigenvalue weighted by Gasteiger charge is -2.17. The van der Waals surface area contributed by atoms with Gasteiger partial charge in [-0.1, -0.05) is 12.8 Å². The van der Waals surface area contributed by atoms with Gasteiger partial charge in [0.15, 0.2) is 18.9 Å². The predicted molar refractivity (Wildman–Crippen MR) is 49.1 cm³/mol. The van der Waals surface area contributed by atoms with Gasteiger partial charge in [0.1, 0.15) is 0 Å². The average molecular weight is 202 g/mol. The minimum atomic E-state index is -0.329. The maximum atomic E-state index is 5.63. The van der Waals surface area contributed by atoms with Crippen molar-refractivity contribution in [2.45, 2.75) is 64.3 Å². The van der Waals surface area contributed by atoms with Crippen molar-refractivity contribution < 1.29 is 19.2 Å². The molecule has 0 aromatic rings. The summed E-state index contributed by atoms with van der Waals surface area (Å²) in [5.41, 5.74) is 0. The first kappa shape index (κ1) is 10.4. The van der Waals surface area contributed by atoms with Crippen LogP contribution in [0.4, 0.5) is 0 Å². The van der Waals surface area contributed by atoms with E-state index in [1.807, 2.05) is 6.92 Å². The molecule has 4 nitrogen and oxygen atoms in total. The van der Waals surface area contributed by atoms with Gasteiger partial charge < -0.3 is 9.47 Å². The van der Waals surface area contributed by atoms with E-state index in [0.717, 1.165) is 25.7 Å². The van der Waals surface area contributed by atoms with Crippen LogP contribution in [0.1, 0.15) is 45.4 Å². The molecular weight excluding hydrogens is 184 g/mol. The summed E-state index contributed by atoms with van der Waals surface area (Å²) in [5, 5.41) is 0. The van der Waals surface area contributed by atoms with Gasteiger partial charge >= 0.3 is 0 Å². The highest BCUT2D eigenvalue weighted by atomic mass is 17.3. The molecule has 0 aromatic heterocycles. The van der Waals surface area contributed by atoms with E-state index in [-0.39, 0.29) is 18.9 Å². The summed E-state index contributed by atoms with van der Waals surface area (Å²) in [6, 6.07) is 0.